The third kappa shape index (κ3) is 11.9. The van der Waals surface area contributed by atoms with Crippen molar-refractivity contribution >= 4 is 0 Å². The van der Waals surface area contributed by atoms with Crippen molar-refractivity contribution in [1.82, 2.24) is 10.6 Å². The van der Waals surface area contributed by atoms with Crippen molar-refractivity contribution in [1.29, 1.82) is 0 Å². The van der Waals surface area contributed by atoms with E-state index in [1.54, 1.807) is 0 Å². The zero-order valence-corrected chi connectivity index (χ0v) is 10.2. The molecule has 0 amide bonds. The summed E-state index contributed by atoms with van der Waals surface area (Å²) in [5.41, 5.74) is 0.204. The molecule has 0 fully saturated rings. The lowest BCUT2D eigenvalue weighted by Gasteiger charge is -2.20. The van der Waals surface area contributed by atoms with Crippen LogP contribution in [0, 0.1) is 0 Å². The van der Waals surface area contributed by atoms with E-state index in [9.17, 15) is 0 Å². The van der Waals surface area contributed by atoms with Crippen LogP contribution in [0.4, 0.5) is 0 Å². The number of ether oxygens (including phenoxy) is 1. The van der Waals surface area contributed by atoms with E-state index in [0.717, 1.165) is 32.7 Å². The van der Waals surface area contributed by atoms with E-state index in [1.807, 2.05) is 7.05 Å². The lowest BCUT2D eigenvalue weighted by Crippen LogP contribution is -2.38. The molecule has 3 heteroatoms. The zero-order valence-electron chi connectivity index (χ0n) is 10.2. The van der Waals surface area contributed by atoms with Crippen molar-refractivity contribution in [3.63, 3.8) is 0 Å². The smallest absolute Gasteiger partial charge is 0.0591 e. The molecule has 2 N–H and O–H groups in total. The molecule has 0 spiro atoms. The van der Waals surface area contributed by atoms with E-state index in [-0.39, 0.29) is 5.54 Å². The van der Waals surface area contributed by atoms with E-state index in [2.05, 4.69) is 31.4 Å². The number of rotatable bonds is 8. The maximum Gasteiger partial charge on any atom is 0.0591 e. The van der Waals surface area contributed by atoms with Crippen molar-refractivity contribution in [2.24, 2.45) is 0 Å². The van der Waals surface area contributed by atoms with Gasteiger partial charge in [0.25, 0.3) is 0 Å². The number of hydrogen-bond acceptors (Lipinski definition) is 3. The Bertz CT molecular complexity index is 121. The minimum absolute atomic E-state index is 0.204. The lowest BCUT2D eigenvalue weighted by molar-refractivity contribution is 0.127. The summed E-state index contributed by atoms with van der Waals surface area (Å²) in [6, 6.07) is 0. The van der Waals surface area contributed by atoms with Crippen LogP contribution in [0.5, 0.6) is 0 Å². The first-order chi connectivity index (χ1) is 6.56. The molecule has 0 aliphatic rings. The van der Waals surface area contributed by atoms with Crippen LogP contribution < -0.4 is 10.6 Å². The number of nitrogens with one attached hydrogen (secondary N) is 2. The molecule has 0 aromatic carbocycles. The van der Waals surface area contributed by atoms with Gasteiger partial charge in [0, 0.05) is 18.7 Å². The van der Waals surface area contributed by atoms with Gasteiger partial charge in [-0.25, -0.2) is 0 Å². The van der Waals surface area contributed by atoms with E-state index >= 15 is 0 Å². The average Bonchev–Trinajstić information content (AvgIpc) is 2.08. The molecule has 0 atom stereocenters. The fourth-order valence-corrected chi connectivity index (χ4v) is 1.11. The van der Waals surface area contributed by atoms with Gasteiger partial charge in [-0.1, -0.05) is 0 Å². The summed E-state index contributed by atoms with van der Waals surface area (Å²) in [7, 11) is 1.98. The van der Waals surface area contributed by atoms with E-state index in [4.69, 9.17) is 4.74 Å². The summed E-state index contributed by atoms with van der Waals surface area (Å²) in [5.74, 6) is 0. The molecule has 0 unspecified atom stereocenters. The summed E-state index contributed by atoms with van der Waals surface area (Å²) in [4.78, 5) is 0. The average molecular weight is 202 g/mol. The van der Waals surface area contributed by atoms with Crippen LogP contribution in [0.1, 0.15) is 33.6 Å². The highest BCUT2D eigenvalue weighted by molar-refractivity contribution is 4.69. The third-order valence-electron chi connectivity index (χ3n) is 1.87. The fraction of sp³-hybridized carbons (Fsp3) is 1.00. The quantitative estimate of drug-likeness (QED) is 0.584. The van der Waals surface area contributed by atoms with Crippen molar-refractivity contribution in [3.05, 3.63) is 0 Å². The normalized spacial score (nSPS) is 12.0. The Morgan fingerprint density at radius 2 is 1.71 bits per heavy atom. The topological polar surface area (TPSA) is 33.3 Å². The number of hydrogen-bond donors (Lipinski definition) is 2. The Morgan fingerprint density at radius 3 is 2.29 bits per heavy atom. The summed E-state index contributed by atoms with van der Waals surface area (Å²) in [6.45, 7) is 10.2. The molecule has 0 radical (unpaired) electrons. The number of unbranched alkanes of at least 4 members (excludes halogenated alkanes) is 1. The van der Waals surface area contributed by atoms with E-state index in [1.165, 1.54) is 6.42 Å². The fourth-order valence-electron chi connectivity index (χ4n) is 1.11. The van der Waals surface area contributed by atoms with Crippen LogP contribution in [0.3, 0.4) is 0 Å². The molecule has 0 rings (SSSR count). The van der Waals surface area contributed by atoms with Gasteiger partial charge < -0.3 is 15.4 Å². The summed E-state index contributed by atoms with van der Waals surface area (Å²) >= 11 is 0. The maximum atomic E-state index is 5.49. The van der Waals surface area contributed by atoms with Gasteiger partial charge in [0.2, 0.25) is 0 Å². The monoisotopic (exact) mass is 202 g/mol. The second kappa shape index (κ2) is 8.21. The molecule has 0 aromatic rings. The first-order valence-electron chi connectivity index (χ1n) is 5.53. The van der Waals surface area contributed by atoms with Gasteiger partial charge in [-0.3, -0.25) is 0 Å². The SMILES string of the molecule is CNCCCCOCCNC(C)(C)C. The molecule has 86 valence electrons. The first-order valence-corrected chi connectivity index (χ1v) is 5.53. The van der Waals surface area contributed by atoms with Crippen molar-refractivity contribution in [2.45, 2.75) is 39.2 Å². The van der Waals surface area contributed by atoms with Gasteiger partial charge in [0.1, 0.15) is 0 Å². The highest BCUT2D eigenvalue weighted by atomic mass is 16.5. The molecule has 0 saturated carbocycles. The van der Waals surface area contributed by atoms with Gasteiger partial charge in [0.15, 0.2) is 0 Å². The van der Waals surface area contributed by atoms with Gasteiger partial charge in [-0.2, -0.15) is 0 Å². The van der Waals surface area contributed by atoms with Crippen molar-refractivity contribution in [2.75, 3.05) is 33.4 Å². The Morgan fingerprint density at radius 1 is 1.00 bits per heavy atom. The zero-order chi connectivity index (χ0) is 10.9. The minimum atomic E-state index is 0.204. The Kier molecular flexibility index (Phi) is 8.14. The van der Waals surface area contributed by atoms with Crippen molar-refractivity contribution < 1.29 is 4.74 Å². The van der Waals surface area contributed by atoms with Crippen LogP contribution in [-0.4, -0.2) is 38.9 Å². The van der Waals surface area contributed by atoms with E-state index < -0.39 is 0 Å². The predicted octanol–water partition coefficient (Wildman–Crippen LogP) is 1.39. The Labute approximate surface area is 88.6 Å². The summed E-state index contributed by atoms with van der Waals surface area (Å²) < 4.78 is 5.49. The van der Waals surface area contributed by atoms with Gasteiger partial charge in [-0.05, 0) is 47.2 Å². The standard InChI is InChI=1S/C11H26N2O/c1-11(2,3)13-8-10-14-9-6-5-7-12-4/h12-13H,5-10H2,1-4H3. The van der Waals surface area contributed by atoms with Crippen molar-refractivity contribution in [3.8, 4) is 0 Å². The highest BCUT2D eigenvalue weighted by Gasteiger charge is 2.06. The van der Waals surface area contributed by atoms with Crippen LogP contribution in [-0.2, 0) is 4.74 Å². The molecule has 0 heterocycles. The van der Waals surface area contributed by atoms with Gasteiger partial charge in [-0.15, -0.1) is 0 Å². The highest BCUT2D eigenvalue weighted by Crippen LogP contribution is 1.97. The van der Waals surface area contributed by atoms with E-state index in [0.29, 0.717) is 0 Å². The van der Waals surface area contributed by atoms with Crippen LogP contribution in [0.2, 0.25) is 0 Å². The first kappa shape index (κ1) is 13.9. The maximum absolute atomic E-state index is 5.49. The summed E-state index contributed by atoms with van der Waals surface area (Å²) in [5, 5.41) is 6.51. The molecule has 0 bridgehead atoms. The van der Waals surface area contributed by atoms with Crippen LogP contribution in [0.15, 0.2) is 0 Å². The second-order valence-electron chi connectivity index (χ2n) is 4.60. The van der Waals surface area contributed by atoms with Gasteiger partial charge >= 0.3 is 0 Å². The molecular weight excluding hydrogens is 176 g/mol. The molecule has 0 aliphatic heterocycles. The molecule has 0 aromatic heterocycles. The largest absolute Gasteiger partial charge is 0.380 e. The minimum Gasteiger partial charge on any atom is -0.380 e. The molecular formula is C11H26N2O. The Balaban J connectivity index is 2.99. The Hall–Kier alpha value is -0.120. The predicted molar refractivity (Wildman–Crippen MR) is 61.7 cm³/mol. The third-order valence-corrected chi connectivity index (χ3v) is 1.87. The molecule has 14 heavy (non-hydrogen) atoms. The molecule has 0 aliphatic carbocycles. The van der Waals surface area contributed by atoms with Crippen LogP contribution >= 0.6 is 0 Å². The molecule has 0 saturated heterocycles. The summed E-state index contributed by atoms with van der Waals surface area (Å²) in [6.07, 6.45) is 2.35. The lowest BCUT2D eigenvalue weighted by atomic mass is 10.1. The van der Waals surface area contributed by atoms with Gasteiger partial charge in [0.05, 0.1) is 6.61 Å². The molecule has 3 nitrogen and oxygen atoms in total. The second-order valence-corrected chi connectivity index (χ2v) is 4.60. The van der Waals surface area contributed by atoms with Crippen LogP contribution in [0.25, 0.3) is 0 Å².